The van der Waals surface area contributed by atoms with E-state index in [0.29, 0.717) is 11.6 Å². The molecule has 3 rings (SSSR count). The number of nitrogens with one attached hydrogen (secondary N) is 1. The fourth-order valence-electron chi connectivity index (χ4n) is 2.05. The molecular formula is C17H13ClFNS. The Hall–Kier alpha value is -1.84. The van der Waals surface area contributed by atoms with Crippen molar-refractivity contribution in [1.29, 1.82) is 0 Å². The van der Waals surface area contributed by atoms with Gasteiger partial charge in [-0.1, -0.05) is 41.9 Å². The predicted molar refractivity (Wildman–Crippen MR) is 88.5 cm³/mol. The van der Waals surface area contributed by atoms with E-state index >= 15 is 0 Å². The van der Waals surface area contributed by atoms with Gasteiger partial charge < -0.3 is 5.32 Å². The average molecular weight is 318 g/mol. The summed E-state index contributed by atoms with van der Waals surface area (Å²) in [5, 5.41) is 3.63. The van der Waals surface area contributed by atoms with Crippen LogP contribution in [0.1, 0.15) is 4.88 Å². The van der Waals surface area contributed by atoms with Crippen LogP contribution in [-0.2, 0) is 6.54 Å². The maximum atomic E-state index is 13.0. The first-order chi connectivity index (χ1) is 10.2. The summed E-state index contributed by atoms with van der Waals surface area (Å²) in [5.41, 5.74) is 1.96. The highest BCUT2D eigenvalue weighted by Crippen LogP contribution is 2.29. The van der Waals surface area contributed by atoms with Crippen LogP contribution in [-0.4, -0.2) is 0 Å². The van der Waals surface area contributed by atoms with E-state index in [4.69, 9.17) is 11.6 Å². The van der Waals surface area contributed by atoms with E-state index in [1.165, 1.54) is 27.5 Å². The minimum atomic E-state index is -0.326. The van der Waals surface area contributed by atoms with Gasteiger partial charge in [0.25, 0.3) is 0 Å². The number of hydrogen-bond donors (Lipinski definition) is 1. The van der Waals surface area contributed by atoms with Crippen LogP contribution >= 0.6 is 22.9 Å². The molecule has 1 heterocycles. The van der Waals surface area contributed by atoms with Gasteiger partial charge in [-0.3, -0.25) is 0 Å². The first-order valence-corrected chi connectivity index (χ1v) is 7.75. The number of benzene rings is 2. The van der Waals surface area contributed by atoms with Crippen molar-refractivity contribution < 1.29 is 4.39 Å². The molecule has 0 aliphatic carbocycles. The Morgan fingerprint density at radius 1 is 1.00 bits per heavy atom. The van der Waals surface area contributed by atoms with Crippen LogP contribution in [0.4, 0.5) is 10.1 Å². The Morgan fingerprint density at radius 3 is 2.57 bits per heavy atom. The molecule has 4 heteroatoms. The lowest BCUT2D eigenvalue weighted by atomic mass is 10.2. The third-order valence-corrected chi connectivity index (χ3v) is 4.55. The molecule has 0 spiro atoms. The van der Waals surface area contributed by atoms with Crippen LogP contribution in [0.15, 0.2) is 60.7 Å². The van der Waals surface area contributed by atoms with E-state index in [-0.39, 0.29) is 5.82 Å². The standard InChI is InChI=1S/C17H13ClFNS/c18-15-10-13(19)6-8-16(15)20-11-14-7-9-17(21-14)12-4-2-1-3-5-12/h1-10,20H,11H2. The van der Waals surface area contributed by atoms with E-state index < -0.39 is 0 Å². The first-order valence-electron chi connectivity index (χ1n) is 6.55. The van der Waals surface area contributed by atoms with Crippen LogP contribution in [0, 0.1) is 5.82 Å². The molecule has 0 aliphatic rings. The second kappa shape index (κ2) is 6.29. The lowest BCUT2D eigenvalue weighted by Gasteiger charge is -2.06. The topological polar surface area (TPSA) is 12.0 Å². The molecular weight excluding hydrogens is 305 g/mol. The average Bonchev–Trinajstić information content (AvgIpc) is 2.96. The van der Waals surface area contributed by atoms with Gasteiger partial charge in [-0.05, 0) is 35.9 Å². The van der Waals surface area contributed by atoms with E-state index in [0.717, 1.165) is 5.69 Å². The van der Waals surface area contributed by atoms with Crippen molar-refractivity contribution in [2.75, 3.05) is 5.32 Å². The molecule has 3 aromatic rings. The zero-order valence-electron chi connectivity index (χ0n) is 11.1. The fourth-order valence-corrected chi connectivity index (χ4v) is 3.23. The minimum absolute atomic E-state index is 0.326. The molecule has 0 radical (unpaired) electrons. The van der Waals surface area contributed by atoms with Crippen molar-refractivity contribution in [2.45, 2.75) is 6.54 Å². The van der Waals surface area contributed by atoms with Crippen LogP contribution in [0.25, 0.3) is 10.4 Å². The highest BCUT2D eigenvalue weighted by molar-refractivity contribution is 7.15. The zero-order valence-corrected chi connectivity index (χ0v) is 12.7. The second-order valence-corrected chi connectivity index (χ2v) is 6.19. The van der Waals surface area contributed by atoms with Crippen molar-refractivity contribution in [2.24, 2.45) is 0 Å². The summed E-state index contributed by atoms with van der Waals surface area (Å²) in [6.07, 6.45) is 0. The van der Waals surface area contributed by atoms with Crippen LogP contribution in [0.5, 0.6) is 0 Å². The van der Waals surface area contributed by atoms with Crippen molar-refractivity contribution in [3.8, 4) is 10.4 Å². The van der Waals surface area contributed by atoms with Crippen LogP contribution in [0.2, 0.25) is 5.02 Å². The zero-order chi connectivity index (χ0) is 14.7. The number of halogens is 2. The molecule has 0 saturated carbocycles. The summed E-state index contributed by atoms with van der Waals surface area (Å²) in [6, 6.07) is 18.8. The van der Waals surface area contributed by atoms with E-state index in [1.54, 1.807) is 17.4 Å². The lowest BCUT2D eigenvalue weighted by Crippen LogP contribution is -1.98. The molecule has 0 amide bonds. The van der Waals surface area contributed by atoms with Gasteiger partial charge in [0.1, 0.15) is 5.82 Å². The molecule has 0 unspecified atom stereocenters. The predicted octanol–water partition coefficient (Wildman–Crippen LogP) is 5.82. The minimum Gasteiger partial charge on any atom is -0.379 e. The van der Waals surface area contributed by atoms with Crippen molar-refractivity contribution >= 4 is 28.6 Å². The van der Waals surface area contributed by atoms with Crippen molar-refractivity contribution in [3.05, 3.63) is 76.4 Å². The van der Waals surface area contributed by atoms with Gasteiger partial charge in [0.05, 0.1) is 10.7 Å². The van der Waals surface area contributed by atoms with Gasteiger partial charge >= 0.3 is 0 Å². The van der Waals surface area contributed by atoms with Gasteiger partial charge in [-0.2, -0.15) is 0 Å². The number of rotatable bonds is 4. The largest absolute Gasteiger partial charge is 0.379 e. The van der Waals surface area contributed by atoms with Crippen LogP contribution < -0.4 is 5.32 Å². The molecule has 0 saturated heterocycles. The normalized spacial score (nSPS) is 10.6. The van der Waals surface area contributed by atoms with Gasteiger partial charge in [0, 0.05) is 16.3 Å². The third kappa shape index (κ3) is 3.43. The summed E-state index contributed by atoms with van der Waals surface area (Å²) in [5.74, 6) is -0.326. The molecule has 1 aromatic heterocycles. The maximum Gasteiger partial charge on any atom is 0.124 e. The van der Waals surface area contributed by atoms with Gasteiger partial charge in [0.2, 0.25) is 0 Å². The summed E-state index contributed by atoms with van der Waals surface area (Å²) >= 11 is 7.73. The van der Waals surface area contributed by atoms with Gasteiger partial charge in [-0.25, -0.2) is 4.39 Å². The van der Waals surface area contributed by atoms with E-state index in [2.05, 4.69) is 29.6 Å². The molecule has 21 heavy (non-hydrogen) atoms. The maximum absolute atomic E-state index is 13.0. The summed E-state index contributed by atoms with van der Waals surface area (Å²) in [7, 11) is 0. The number of hydrogen-bond acceptors (Lipinski definition) is 2. The Bertz CT molecular complexity index is 740. The monoisotopic (exact) mass is 317 g/mol. The fraction of sp³-hybridized carbons (Fsp3) is 0.0588. The summed E-state index contributed by atoms with van der Waals surface area (Å²) < 4.78 is 13.0. The second-order valence-electron chi connectivity index (χ2n) is 4.61. The van der Waals surface area contributed by atoms with Gasteiger partial charge in [-0.15, -0.1) is 11.3 Å². The molecule has 0 aliphatic heterocycles. The number of anilines is 1. The summed E-state index contributed by atoms with van der Waals surface area (Å²) in [4.78, 5) is 2.44. The molecule has 0 fully saturated rings. The van der Waals surface area contributed by atoms with E-state index in [1.807, 2.05) is 18.2 Å². The smallest absolute Gasteiger partial charge is 0.124 e. The Balaban J connectivity index is 1.70. The van der Waals surface area contributed by atoms with Gasteiger partial charge in [0.15, 0.2) is 0 Å². The van der Waals surface area contributed by atoms with Crippen molar-refractivity contribution in [1.82, 2.24) is 0 Å². The number of thiophene rings is 1. The third-order valence-electron chi connectivity index (χ3n) is 3.10. The Morgan fingerprint density at radius 2 is 1.81 bits per heavy atom. The molecule has 1 nitrogen and oxygen atoms in total. The first kappa shape index (κ1) is 14.1. The molecule has 2 aromatic carbocycles. The molecule has 0 atom stereocenters. The molecule has 106 valence electrons. The molecule has 0 bridgehead atoms. The van der Waals surface area contributed by atoms with Crippen LogP contribution in [0.3, 0.4) is 0 Å². The van der Waals surface area contributed by atoms with E-state index in [9.17, 15) is 4.39 Å². The summed E-state index contributed by atoms with van der Waals surface area (Å²) in [6.45, 7) is 0.669. The molecule has 1 N–H and O–H groups in total. The lowest BCUT2D eigenvalue weighted by molar-refractivity contribution is 0.628. The highest BCUT2D eigenvalue weighted by atomic mass is 35.5. The Labute approximate surface area is 132 Å². The quantitative estimate of drug-likeness (QED) is 0.639. The van der Waals surface area contributed by atoms with Crippen molar-refractivity contribution in [3.63, 3.8) is 0 Å². The Kier molecular flexibility index (Phi) is 4.23. The SMILES string of the molecule is Fc1ccc(NCc2ccc(-c3ccccc3)s2)c(Cl)c1. The highest BCUT2D eigenvalue weighted by Gasteiger charge is 2.05.